The summed E-state index contributed by atoms with van der Waals surface area (Å²) in [5.41, 5.74) is 3.06. The molecule has 0 radical (unpaired) electrons. The lowest BCUT2D eigenvalue weighted by molar-refractivity contribution is 0.102. The number of benzene rings is 3. The standard InChI is InChI=1S/C24H22Cl2FN3O/c25-21-4-2-1-3-18(21)16-29-11-13-30(14-12-29)23-10-9-20(15-22(23)26)28-24(31)17-5-7-19(27)8-6-17/h1-10,15H,11-14,16H2,(H,28,31). The molecule has 1 saturated heterocycles. The monoisotopic (exact) mass is 457 g/mol. The van der Waals surface area contributed by atoms with Gasteiger partial charge in [-0.05, 0) is 54.1 Å². The van der Waals surface area contributed by atoms with Crippen LogP contribution in [0.1, 0.15) is 15.9 Å². The molecule has 160 valence electrons. The molecule has 0 bridgehead atoms. The van der Waals surface area contributed by atoms with Crippen LogP contribution in [0, 0.1) is 5.82 Å². The molecule has 1 aliphatic rings. The summed E-state index contributed by atoms with van der Waals surface area (Å²) in [6.45, 7) is 4.35. The molecule has 0 unspecified atom stereocenters. The van der Waals surface area contributed by atoms with Crippen molar-refractivity contribution in [1.29, 1.82) is 0 Å². The van der Waals surface area contributed by atoms with Crippen LogP contribution in [0.2, 0.25) is 10.0 Å². The molecule has 1 fully saturated rings. The number of halogens is 3. The topological polar surface area (TPSA) is 35.6 Å². The Morgan fingerprint density at radius 1 is 0.903 bits per heavy atom. The van der Waals surface area contributed by atoms with Crippen molar-refractivity contribution in [2.24, 2.45) is 0 Å². The molecule has 0 saturated carbocycles. The summed E-state index contributed by atoms with van der Waals surface area (Å²) in [6, 6.07) is 18.8. The van der Waals surface area contributed by atoms with E-state index in [0.717, 1.165) is 49.0 Å². The molecule has 31 heavy (non-hydrogen) atoms. The van der Waals surface area contributed by atoms with Crippen molar-refractivity contribution >= 4 is 40.5 Å². The van der Waals surface area contributed by atoms with Crippen LogP contribution in [0.4, 0.5) is 15.8 Å². The van der Waals surface area contributed by atoms with Crippen LogP contribution in [0.25, 0.3) is 0 Å². The second-order valence-corrected chi connectivity index (χ2v) is 8.30. The van der Waals surface area contributed by atoms with Crippen molar-refractivity contribution in [1.82, 2.24) is 4.90 Å². The van der Waals surface area contributed by atoms with Crippen LogP contribution in [0.3, 0.4) is 0 Å². The quantitative estimate of drug-likeness (QED) is 0.532. The van der Waals surface area contributed by atoms with Gasteiger partial charge in [0.05, 0.1) is 10.7 Å². The van der Waals surface area contributed by atoms with E-state index < -0.39 is 0 Å². The van der Waals surface area contributed by atoms with E-state index in [1.54, 1.807) is 6.07 Å². The van der Waals surface area contributed by atoms with Gasteiger partial charge in [0.1, 0.15) is 5.82 Å². The van der Waals surface area contributed by atoms with Gasteiger partial charge in [-0.3, -0.25) is 9.69 Å². The maximum absolute atomic E-state index is 13.0. The first-order valence-corrected chi connectivity index (χ1v) is 10.8. The molecule has 3 aromatic carbocycles. The van der Waals surface area contributed by atoms with Crippen molar-refractivity contribution in [2.45, 2.75) is 6.54 Å². The molecule has 3 aromatic rings. The third kappa shape index (κ3) is 5.37. The number of hydrogen-bond donors (Lipinski definition) is 1. The molecule has 0 atom stereocenters. The Kier molecular flexibility index (Phi) is 6.76. The molecular formula is C24H22Cl2FN3O. The van der Waals surface area contributed by atoms with Crippen LogP contribution in [0.5, 0.6) is 0 Å². The fourth-order valence-electron chi connectivity index (χ4n) is 3.66. The summed E-state index contributed by atoms with van der Waals surface area (Å²) in [4.78, 5) is 17.0. The Morgan fingerprint density at radius 3 is 2.29 bits per heavy atom. The van der Waals surface area contributed by atoms with E-state index in [-0.39, 0.29) is 11.7 Å². The number of rotatable bonds is 5. The lowest BCUT2D eigenvalue weighted by Gasteiger charge is -2.36. The second kappa shape index (κ2) is 9.69. The summed E-state index contributed by atoms with van der Waals surface area (Å²) in [5, 5.41) is 4.18. The van der Waals surface area contributed by atoms with Gasteiger partial charge in [0, 0.05) is 49.0 Å². The third-order valence-electron chi connectivity index (χ3n) is 5.38. The first kappa shape index (κ1) is 21.6. The normalized spacial score (nSPS) is 14.5. The lowest BCUT2D eigenvalue weighted by Crippen LogP contribution is -2.46. The molecule has 4 rings (SSSR count). The number of amides is 1. The molecule has 7 heteroatoms. The number of nitrogens with one attached hydrogen (secondary N) is 1. The van der Waals surface area contributed by atoms with Crippen molar-refractivity contribution in [2.75, 3.05) is 36.4 Å². The molecule has 1 N–H and O–H groups in total. The van der Waals surface area contributed by atoms with Crippen molar-refractivity contribution < 1.29 is 9.18 Å². The first-order valence-electron chi connectivity index (χ1n) is 10.1. The van der Waals surface area contributed by atoms with Crippen LogP contribution in [-0.2, 0) is 6.54 Å². The lowest BCUT2D eigenvalue weighted by atomic mass is 10.1. The first-order chi connectivity index (χ1) is 15.0. The highest BCUT2D eigenvalue weighted by Crippen LogP contribution is 2.30. The summed E-state index contributed by atoms with van der Waals surface area (Å²) in [7, 11) is 0. The van der Waals surface area contributed by atoms with Gasteiger partial charge in [-0.25, -0.2) is 4.39 Å². The Bertz CT molecular complexity index is 1070. The van der Waals surface area contributed by atoms with Crippen LogP contribution in [0.15, 0.2) is 66.7 Å². The van der Waals surface area contributed by atoms with Gasteiger partial charge in [0.25, 0.3) is 5.91 Å². The fraction of sp³-hybridized carbons (Fsp3) is 0.208. The number of nitrogens with zero attached hydrogens (tertiary/aromatic N) is 2. The summed E-state index contributed by atoms with van der Waals surface area (Å²) in [6.07, 6.45) is 0. The zero-order valence-electron chi connectivity index (χ0n) is 16.8. The molecular weight excluding hydrogens is 436 g/mol. The van der Waals surface area contributed by atoms with Crippen LogP contribution in [-0.4, -0.2) is 37.0 Å². The van der Waals surface area contributed by atoms with Gasteiger partial charge in [-0.15, -0.1) is 0 Å². The van der Waals surface area contributed by atoms with Gasteiger partial charge in [0.15, 0.2) is 0 Å². The Hall–Kier alpha value is -2.60. The average Bonchev–Trinajstić information content (AvgIpc) is 2.77. The van der Waals surface area contributed by atoms with E-state index in [9.17, 15) is 9.18 Å². The number of carbonyl (C=O) groups is 1. The van der Waals surface area contributed by atoms with Crippen molar-refractivity contribution in [3.8, 4) is 0 Å². The van der Waals surface area contributed by atoms with Gasteiger partial charge >= 0.3 is 0 Å². The highest BCUT2D eigenvalue weighted by Gasteiger charge is 2.20. The number of carbonyl (C=O) groups excluding carboxylic acids is 1. The van der Waals surface area contributed by atoms with E-state index in [1.165, 1.54) is 24.3 Å². The minimum atomic E-state index is -0.379. The predicted molar refractivity (Wildman–Crippen MR) is 125 cm³/mol. The fourth-order valence-corrected chi connectivity index (χ4v) is 4.16. The second-order valence-electron chi connectivity index (χ2n) is 7.48. The molecule has 4 nitrogen and oxygen atoms in total. The highest BCUT2D eigenvalue weighted by molar-refractivity contribution is 6.33. The summed E-state index contributed by atoms with van der Waals surface area (Å²) >= 11 is 12.8. The Morgan fingerprint density at radius 2 is 1.61 bits per heavy atom. The summed E-state index contributed by atoms with van der Waals surface area (Å²) < 4.78 is 13.0. The maximum Gasteiger partial charge on any atom is 0.255 e. The van der Waals surface area contributed by atoms with Gasteiger partial charge < -0.3 is 10.2 Å². The molecule has 1 amide bonds. The number of piperazine rings is 1. The van der Waals surface area contributed by atoms with Crippen LogP contribution >= 0.6 is 23.2 Å². The van der Waals surface area contributed by atoms with Crippen molar-refractivity contribution in [3.05, 3.63) is 93.7 Å². The SMILES string of the molecule is O=C(Nc1ccc(N2CCN(Cc3ccccc3Cl)CC2)c(Cl)c1)c1ccc(F)cc1. The minimum Gasteiger partial charge on any atom is -0.368 e. The van der Waals surface area contributed by atoms with Gasteiger partial charge in [-0.2, -0.15) is 0 Å². The van der Waals surface area contributed by atoms with E-state index in [4.69, 9.17) is 23.2 Å². The molecule has 1 aliphatic heterocycles. The molecule has 0 aliphatic carbocycles. The van der Waals surface area contributed by atoms with E-state index >= 15 is 0 Å². The van der Waals surface area contributed by atoms with E-state index in [2.05, 4.69) is 21.2 Å². The molecule has 0 aromatic heterocycles. The minimum absolute atomic E-state index is 0.308. The maximum atomic E-state index is 13.0. The summed E-state index contributed by atoms with van der Waals surface area (Å²) in [5.74, 6) is -0.687. The third-order valence-corrected chi connectivity index (χ3v) is 6.05. The number of anilines is 2. The van der Waals surface area contributed by atoms with Crippen LogP contribution < -0.4 is 10.2 Å². The van der Waals surface area contributed by atoms with Gasteiger partial charge in [-0.1, -0.05) is 41.4 Å². The largest absolute Gasteiger partial charge is 0.368 e. The Labute approximate surface area is 191 Å². The zero-order valence-corrected chi connectivity index (χ0v) is 18.3. The Balaban J connectivity index is 1.36. The van der Waals surface area contributed by atoms with Crippen molar-refractivity contribution in [3.63, 3.8) is 0 Å². The molecule has 0 spiro atoms. The predicted octanol–water partition coefficient (Wildman–Crippen LogP) is 5.71. The van der Waals surface area contributed by atoms with E-state index in [1.807, 2.05) is 30.3 Å². The van der Waals surface area contributed by atoms with Gasteiger partial charge in [0.2, 0.25) is 0 Å². The average molecular weight is 458 g/mol. The number of hydrogen-bond acceptors (Lipinski definition) is 3. The zero-order chi connectivity index (χ0) is 21.8. The van der Waals surface area contributed by atoms with E-state index in [0.29, 0.717) is 16.3 Å². The smallest absolute Gasteiger partial charge is 0.255 e. The molecule has 1 heterocycles. The highest BCUT2D eigenvalue weighted by atomic mass is 35.5.